The van der Waals surface area contributed by atoms with Crippen LogP contribution >= 0.6 is 35.0 Å². The summed E-state index contributed by atoms with van der Waals surface area (Å²) in [6.07, 6.45) is 2.08. The minimum Gasteiger partial charge on any atom is -0.343 e. The largest absolute Gasteiger partial charge is 0.343 e. The number of thioether (sulfide) groups is 1. The smallest absolute Gasteiger partial charge is 0.159 e. The van der Waals surface area contributed by atoms with Gasteiger partial charge in [-0.05, 0) is 36.1 Å². The molecule has 1 aliphatic heterocycles. The van der Waals surface area contributed by atoms with Gasteiger partial charge in [0, 0.05) is 34.9 Å². The molecule has 132 valence electrons. The highest BCUT2D eigenvalue weighted by atomic mass is 35.5. The standard InChI is InChI=1S/C20H22Cl2N2S/c1-2-18-14-25-20(23-11-10-15-6-4-3-5-7-15)24(18)13-16-8-9-17(21)12-19(16)22/h3-9,12,18H,2,10-11,13-14H2,1H3/t18-/m1/s1. The molecule has 1 heterocycles. The third-order valence-electron chi connectivity index (χ3n) is 4.41. The zero-order valence-corrected chi connectivity index (χ0v) is 16.6. The first-order valence-electron chi connectivity index (χ1n) is 8.59. The SMILES string of the molecule is CC[C@@H]1CSC(=NCCc2ccccc2)N1Cc1ccc(Cl)cc1Cl. The Morgan fingerprint density at radius 1 is 1.16 bits per heavy atom. The molecule has 1 aliphatic rings. The summed E-state index contributed by atoms with van der Waals surface area (Å²) in [6, 6.07) is 16.8. The van der Waals surface area contributed by atoms with Gasteiger partial charge in [-0.2, -0.15) is 0 Å². The predicted octanol–water partition coefficient (Wildman–Crippen LogP) is 5.92. The Hall–Kier alpha value is -1.16. The average molecular weight is 393 g/mol. The van der Waals surface area contributed by atoms with E-state index in [9.17, 15) is 0 Å². The summed E-state index contributed by atoms with van der Waals surface area (Å²) in [6.45, 7) is 3.83. The van der Waals surface area contributed by atoms with Gasteiger partial charge in [-0.1, -0.05) is 78.3 Å². The summed E-state index contributed by atoms with van der Waals surface area (Å²) in [5, 5.41) is 2.53. The second-order valence-electron chi connectivity index (χ2n) is 6.14. The molecular weight excluding hydrogens is 371 g/mol. The lowest BCUT2D eigenvalue weighted by molar-refractivity contribution is 0.334. The van der Waals surface area contributed by atoms with Gasteiger partial charge in [0.25, 0.3) is 0 Å². The van der Waals surface area contributed by atoms with Crippen LogP contribution in [-0.4, -0.2) is 28.4 Å². The van der Waals surface area contributed by atoms with Gasteiger partial charge < -0.3 is 4.90 Å². The highest BCUT2D eigenvalue weighted by Gasteiger charge is 2.29. The molecule has 5 heteroatoms. The van der Waals surface area contributed by atoms with Crippen molar-refractivity contribution in [2.24, 2.45) is 4.99 Å². The average Bonchev–Trinajstić information content (AvgIpc) is 3.00. The van der Waals surface area contributed by atoms with Crippen molar-refractivity contribution in [3.63, 3.8) is 0 Å². The highest BCUT2D eigenvalue weighted by Crippen LogP contribution is 2.30. The number of rotatable bonds is 6. The third kappa shape index (κ3) is 4.93. The van der Waals surface area contributed by atoms with Gasteiger partial charge in [0.2, 0.25) is 0 Å². The quantitative estimate of drug-likeness (QED) is 0.605. The van der Waals surface area contributed by atoms with E-state index in [4.69, 9.17) is 28.2 Å². The summed E-state index contributed by atoms with van der Waals surface area (Å²) >= 11 is 14.2. The van der Waals surface area contributed by atoms with E-state index in [2.05, 4.69) is 36.1 Å². The number of hydrogen-bond acceptors (Lipinski definition) is 2. The lowest BCUT2D eigenvalue weighted by atomic mass is 10.1. The zero-order valence-electron chi connectivity index (χ0n) is 14.3. The Balaban J connectivity index is 1.70. The minimum atomic E-state index is 0.507. The zero-order chi connectivity index (χ0) is 17.6. The molecule has 0 amide bonds. The van der Waals surface area contributed by atoms with E-state index in [0.717, 1.165) is 47.4 Å². The van der Waals surface area contributed by atoms with Crippen LogP contribution in [0.3, 0.4) is 0 Å². The summed E-state index contributed by atoms with van der Waals surface area (Å²) in [7, 11) is 0. The maximum Gasteiger partial charge on any atom is 0.159 e. The maximum atomic E-state index is 6.37. The van der Waals surface area contributed by atoms with E-state index in [0.29, 0.717) is 11.1 Å². The Labute approximate surface area is 164 Å². The fourth-order valence-electron chi connectivity index (χ4n) is 2.93. The molecule has 0 unspecified atom stereocenters. The molecular formula is C20H22Cl2N2S. The molecule has 1 saturated heterocycles. The van der Waals surface area contributed by atoms with Crippen molar-refractivity contribution in [3.05, 3.63) is 69.7 Å². The topological polar surface area (TPSA) is 15.6 Å². The van der Waals surface area contributed by atoms with Crippen LogP contribution < -0.4 is 0 Å². The van der Waals surface area contributed by atoms with Crippen LogP contribution in [0.5, 0.6) is 0 Å². The molecule has 0 N–H and O–H groups in total. The van der Waals surface area contributed by atoms with Crippen molar-refractivity contribution >= 4 is 40.1 Å². The van der Waals surface area contributed by atoms with Gasteiger partial charge in [-0.15, -0.1) is 0 Å². The van der Waals surface area contributed by atoms with E-state index >= 15 is 0 Å². The van der Waals surface area contributed by atoms with Crippen LogP contribution in [0.1, 0.15) is 24.5 Å². The molecule has 1 fully saturated rings. The number of benzene rings is 2. The molecule has 0 bridgehead atoms. The van der Waals surface area contributed by atoms with Crippen molar-refractivity contribution in [3.8, 4) is 0 Å². The summed E-state index contributed by atoms with van der Waals surface area (Å²) < 4.78 is 0. The van der Waals surface area contributed by atoms with Gasteiger partial charge in [0.15, 0.2) is 5.17 Å². The first-order chi connectivity index (χ1) is 12.2. The normalized spacial score (nSPS) is 18.9. The molecule has 0 aromatic heterocycles. The second kappa shape index (κ2) is 8.98. The van der Waals surface area contributed by atoms with Crippen molar-refractivity contribution in [1.29, 1.82) is 0 Å². The van der Waals surface area contributed by atoms with Gasteiger partial charge in [0.1, 0.15) is 0 Å². The Morgan fingerprint density at radius 3 is 2.68 bits per heavy atom. The molecule has 2 aromatic carbocycles. The van der Waals surface area contributed by atoms with E-state index in [1.54, 1.807) is 0 Å². The minimum absolute atomic E-state index is 0.507. The van der Waals surface area contributed by atoms with Gasteiger partial charge in [0.05, 0.1) is 0 Å². The summed E-state index contributed by atoms with van der Waals surface area (Å²) in [4.78, 5) is 7.27. The van der Waals surface area contributed by atoms with Gasteiger partial charge in [-0.25, -0.2) is 0 Å². The number of amidine groups is 1. The third-order valence-corrected chi connectivity index (χ3v) is 6.17. The molecule has 0 radical (unpaired) electrons. The number of aliphatic imine (C=N–C) groups is 1. The van der Waals surface area contributed by atoms with Crippen molar-refractivity contribution in [1.82, 2.24) is 4.90 Å². The lowest BCUT2D eigenvalue weighted by Crippen LogP contribution is -2.33. The molecule has 0 aliphatic carbocycles. The maximum absolute atomic E-state index is 6.37. The van der Waals surface area contributed by atoms with Crippen LogP contribution in [0.2, 0.25) is 10.0 Å². The molecule has 2 nitrogen and oxygen atoms in total. The van der Waals surface area contributed by atoms with Crippen LogP contribution in [0.25, 0.3) is 0 Å². The van der Waals surface area contributed by atoms with E-state index < -0.39 is 0 Å². The fraction of sp³-hybridized carbons (Fsp3) is 0.350. The van der Waals surface area contributed by atoms with Gasteiger partial charge >= 0.3 is 0 Å². The lowest BCUT2D eigenvalue weighted by Gasteiger charge is -2.25. The monoisotopic (exact) mass is 392 g/mol. The molecule has 0 saturated carbocycles. The van der Waals surface area contributed by atoms with Crippen molar-refractivity contribution in [2.45, 2.75) is 32.4 Å². The molecule has 2 aromatic rings. The molecule has 25 heavy (non-hydrogen) atoms. The van der Waals surface area contributed by atoms with Crippen LogP contribution in [0.15, 0.2) is 53.5 Å². The van der Waals surface area contributed by atoms with E-state index in [-0.39, 0.29) is 0 Å². The fourth-order valence-corrected chi connectivity index (χ4v) is 4.72. The van der Waals surface area contributed by atoms with E-state index in [1.807, 2.05) is 36.0 Å². The van der Waals surface area contributed by atoms with E-state index in [1.165, 1.54) is 5.56 Å². The highest BCUT2D eigenvalue weighted by molar-refractivity contribution is 8.14. The first kappa shape index (κ1) is 18.6. The number of halogens is 2. The number of hydrogen-bond donors (Lipinski definition) is 0. The summed E-state index contributed by atoms with van der Waals surface area (Å²) in [5.41, 5.74) is 2.43. The number of nitrogens with zero attached hydrogens (tertiary/aromatic N) is 2. The molecule has 0 spiro atoms. The van der Waals surface area contributed by atoms with Crippen LogP contribution in [-0.2, 0) is 13.0 Å². The molecule has 1 atom stereocenters. The van der Waals surface area contributed by atoms with Crippen LogP contribution in [0, 0.1) is 0 Å². The molecule has 3 rings (SSSR count). The second-order valence-corrected chi connectivity index (χ2v) is 7.97. The van der Waals surface area contributed by atoms with Gasteiger partial charge in [-0.3, -0.25) is 4.99 Å². The first-order valence-corrected chi connectivity index (χ1v) is 10.3. The van der Waals surface area contributed by atoms with Crippen LogP contribution in [0.4, 0.5) is 0 Å². The Kier molecular flexibility index (Phi) is 6.69. The Bertz CT molecular complexity index is 734. The Morgan fingerprint density at radius 2 is 1.96 bits per heavy atom. The van der Waals surface area contributed by atoms with Crippen molar-refractivity contribution < 1.29 is 0 Å². The van der Waals surface area contributed by atoms with Crippen molar-refractivity contribution in [2.75, 3.05) is 12.3 Å². The predicted molar refractivity (Wildman–Crippen MR) is 111 cm³/mol. The summed E-state index contributed by atoms with van der Waals surface area (Å²) in [5.74, 6) is 1.09.